The van der Waals surface area contributed by atoms with E-state index in [1.807, 2.05) is 0 Å². The van der Waals surface area contributed by atoms with Gasteiger partial charge in [0.25, 0.3) is 0 Å². The van der Waals surface area contributed by atoms with E-state index >= 15 is 0 Å². The Morgan fingerprint density at radius 1 is 1.33 bits per heavy atom. The molecule has 1 unspecified atom stereocenters. The van der Waals surface area contributed by atoms with Gasteiger partial charge in [-0.05, 0) is 49.9 Å². The van der Waals surface area contributed by atoms with Crippen LogP contribution in [0.15, 0.2) is 30.5 Å². The maximum absolute atomic E-state index is 5.71. The van der Waals surface area contributed by atoms with Gasteiger partial charge in [0, 0.05) is 36.8 Å². The van der Waals surface area contributed by atoms with Crippen LogP contribution in [0.5, 0.6) is 0 Å². The highest BCUT2D eigenvalue weighted by Crippen LogP contribution is 2.22. The molecule has 0 radical (unpaired) electrons. The molecule has 0 spiro atoms. The average Bonchev–Trinajstić information content (AvgIpc) is 3.15. The summed E-state index contributed by atoms with van der Waals surface area (Å²) in [5, 5.41) is 4.81. The first-order chi connectivity index (χ1) is 10.4. The zero-order valence-electron chi connectivity index (χ0n) is 13.0. The summed E-state index contributed by atoms with van der Waals surface area (Å²) in [6.45, 7) is 6.17. The average molecular weight is 286 g/mol. The lowest BCUT2D eigenvalue weighted by Gasteiger charge is -2.11. The SMILES string of the molecule is CCNCc1cccc2c1ccn2CCCC1CCCO1. The number of hydrogen-bond donors (Lipinski definition) is 1. The van der Waals surface area contributed by atoms with Gasteiger partial charge in [0.2, 0.25) is 0 Å². The van der Waals surface area contributed by atoms with Crippen LogP contribution < -0.4 is 5.32 Å². The normalized spacial score (nSPS) is 18.6. The smallest absolute Gasteiger partial charge is 0.0576 e. The molecule has 2 heterocycles. The monoisotopic (exact) mass is 286 g/mol. The maximum atomic E-state index is 5.71. The van der Waals surface area contributed by atoms with Gasteiger partial charge in [-0.2, -0.15) is 0 Å². The van der Waals surface area contributed by atoms with Gasteiger partial charge in [0.15, 0.2) is 0 Å². The Bertz CT molecular complexity index is 570. The Hall–Kier alpha value is -1.32. The molecule has 1 aliphatic heterocycles. The summed E-state index contributed by atoms with van der Waals surface area (Å²) in [5.41, 5.74) is 2.75. The van der Waals surface area contributed by atoms with E-state index in [9.17, 15) is 0 Å². The zero-order chi connectivity index (χ0) is 14.5. The van der Waals surface area contributed by atoms with Crippen LogP contribution in [-0.4, -0.2) is 23.8 Å². The second kappa shape index (κ2) is 7.10. The van der Waals surface area contributed by atoms with Crippen molar-refractivity contribution < 1.29 is 4.74 Å². The fourth-order valence-corrected chi connectivity index (χ4v) is 3.26. The molecule has 1 aromatic carbocycles. The van der Waals surface area contributed by atoms with E-state index in [1.165, 1.54) is 42.1 Å². The molecule has 114 valence electrons. The lowest BCUT2D eigenvalue weighted by molar-refractivity contribution is 0.101. The van der Waals surface area contributed by atoms with Gasteiger partial charge in [0.05, 0.1) is 6.10 Å². The fourth-order valence-electron chi connectivity index (χ4n) is 3.26. The first-order valence-electron chi connectivity index (χ1n) is 8.27. The highest BCUT2D eigenvalue weighted by molar-refractivity contribution is 5.83. The van der Waals surface area contributed by atoms with Gasteiger partial charge < -0.3 is 14.6 Å². The molecule has 1 fully saturated rings. The van der Waals surface area contributed by atoms with Gasteiger partial charge in [-0.1, -0.05) is 19.1 Å². The minimum absolute atomic E-state index is 0.510. The predicted octanol–water partition coefficient (Wildman–Crippen LogP) is 3.71. The van der Waals surface area contributed by atoms with Crippen molar-refractivity contribution in [3.8, 4) is 0 Å². The van der Waals surface area contributed by atoms with Crippen LogP contribution in [0.3, 0.4) is 0 Å². The Morgan fingerprint density at radius 2 is 2.29 bits per heavy atom. The summed E-state index contributed by atoms with van der Waals surface area (Å²) in [4.78, 5) is 0. The van der Waals surface area contributed by atoms with Gasteiger partial charge in [-0.25, -0.2) is 0 Å². The number of nitrogens with one attached hydrogen (secondary N) is 1. The number of hydrogen-bond acceptors (Lipinski definition) is 2. The number of nitrogens with zero attached hydrogens (tertiary/aromatic N) is 1. The van der Waals surface area contributed by atoms with Crippen molar-refractivity contribution in [3.63, 3.8) is 0 Å². The van der Waals surface area contributed by atoms with Crippen LogP contribution in [0.25, 0.3) is 10.9 Å². The van der Waals surface area contributed by atoms with Crippen LogP contribution in [0.4, 0.5) is 0 Å². The van der Waals surface area contributed by atoms with E-state index in [0.717, 1.165) is 26.2 Å². The molecular formula is C18H26N2O. The molecular weight excluding hydrogens is 260 g/mol. The number of ether oxygens (including phenoxy) is 1. The Morgan fingerprint density at radius 3 is 3.10 bits per heavy atom. The number of aromatic nitrogens is 1. The summed E-state index contributed by atoms with van der Waals surface area (Å²) >= 11 is 0. The molecule has 3 rings (SSSR count). The Kier molecular flexibility index (Phi) is 4.94. The lowest BCUT2D eigenvalue weighted by atomic mass is 10.1. The molecule has 0 amide bonds. The van der Waals surface area contributed by atoms with Crippen LogP contribution in [0.2, 0.25) is 0 Å². The summed E-state index contributed by atoms with van der Waals surface area (Å²) in [5.74, 6) is 0. The highest BCUT2D eigenvalue weighted by Gasteiger charge is 2.14. The first-order valence-corrected chi connectivity index (χ1v) is 8.27. The Labute approximate surface area is 127 Å². The third kappa shape index (κ3) is 3.47. The van der Waals surface area contributed by atoms with Gasteiger partial charge in [-0.3, -0.25) is 0 Å². The molecule has 1 aliphatic rings. The summed E-state index contributed by atoms with van der Waals surface area (Å²) in [7, 11) is 0. The van der Waals surface area contributed by atoms with Crippen LogP contribution >= 0.6 is 0 Å². The van der Waals surface area contributed by atoms with Crippen LogP contribution in [-0.2, 0) is 17.8 Å². The van der Waals surface area contributed by atoms with Crippen LogP contribution in [0, 0.1) is 0 Å². The van der Waals surface area contributed by atoms with Gasteiger partial charge in [0.1, 0.15) is 0 Å². The highest BCUT2D eigenvalue weighted by atomic mass is 16.5. The minimum Gasteiger partial charge on any atom is -0.378 e. The first kappa shape index (κ1) is 14.6. The van der Waals surface area contributed by atoms with Crippen molar-refractivity contribution in [1.29, 1.82) is 0 Å². The van der Waals surface area contributed by atoms with E-state index < -0.39 is 0 Å². The number of fused-ring (bicyclic) bond motifs is 1. The Balaban J connectivity index is 1.65. The minimum atomic E-state index is 0.510. The molecule has 0 aliphatic carbocycles. The second-order valence-electron chi connectivity index (χ2n) is 5.92. The van der Waals surface area contributed by atoms with Crippen LogP contribution in [0.1, 0.15) is 38.2 Å². The fraction of sp³-hybridized carbons (Fsp3) is 0.556. The van der Waals surface area contributed by atoms with E-state index in [2.05, 4.69) is 47.3 Å². The molecule has 0 saturated carbocycles. The van der Waals surface area contributed by atoms with Gasteiger partial charge >= 0.3 is 0 Å². The summed E-state index contributed by atoms with van der Waals surface area (Å²) in [6.07, 6.45) is 7.62. The second-order valence-corrected chi connectivity index (χ2v) is 5.92. The molecule has 1 N–H and O–H groups in total. The summed E-state index contributed by atoms with van der Waals surface area (Å²) < 4.78 is 8.09. The third-order valence-electron chi connectivity index (χ3n) is 4.42. The van der Waals surface area contributed by atoms with Crippen molar-refractivity contribution in [1.82, 2.24) is 9.88 Å². The third-order valence-corrected chi connectivity index (χ3v) is 4.42. The van der Waals surface area contributed by atoms with E-state index in [4.69, 9.17) is 4.74 Å². The number of rotatable bonds is 7. The molecule has 0 bridgehead atoms. The molecule has 3 heteroatoms. The van der Waals surface area contributed by atoms with E-state index in [-0.39, 0.29) is 0 Å². The lowest BCUT2D eigenvalue weighted by Crippen LogP contribution is -2.11. The molecule has 1 atom stereocenters. The quantitative estimate of drug-likeness (QED) is 0.839. The van der Waals surface area contributed by atoms with Crippen molar-refractivity contribution in [2.45, 2.75) is 51.8 Å². The number of benzene rings is 1. The molecule has 1 aromatic heterocycles. The van der Waals surface area contributed by atoms with E-state index in [1.54, 1.807) is 0 Å². The maximum Gasteiger partial charge on any atom is 0.0576 e. The largest absolute Gasteiger partial charge is 0.378 e. The van der Waals surface area contributed by atoms with Gasteiger partial charge in [-0.15, -0.1) is 0 Å². The van der Waals surface area contributed by atoms with Crippen molar-refractivity contribution in [2.24, 2.45) is 0 Å². The topological polar surface area (TPSA) is 26.2 Å². The van der Waals surface area contributed by atoms with Crippen molar-refractivity contribution in [2.75, 3.05) is 13.2 Å². The van der Waals surface area contributed by atoms with Crippen molar-refractivity contribution in [3.05, 3.63) is 36.0 Å². The van der Waals surface area contributed by atoms with E-state index in [0.29, 0.717) is 6.10 Å². The molecule has 2 aromatic rings. The summed E-state index contributed by atoms with van der Waals surface area (Å²) in [6, 6.07) is 8.89. The standard InChI is InChI=1S/C18H26N2O/c1-2-19-14-15-6-3-9-18-17(15)10-12-20(18)11-4-7-16-8-5-13-21-16/h3,6,9-10,12,16,19H,2,4-5,7-8,11,13-14H2,1H3. The molecule has 21 heavy (non-hydrogen) atoms. The number of aryl methyl sites for hydroxylation is 1. The molecule has 3 nitrogen and oxygen atoms in total. The zero-order valence-corrected chi connectivity index (χ0v) is 13.0. The van der Waals surface area contributed by atoms with Crippen molar-refractivity contribution >= 4 is 10.9 Å². The molecule has 1 saturated heterocycles. The predicted molar refractivity (Wildman–Crippen MR) is 87.5 cm³/mol.